The van der Waals surface area contributed by atoms with Crippen molar-refractivity contribution < 1.29 is 4.79 Å². The number of hydrogen-bond acceptors (Lipinski definition) is 3. The highest BCUT2D eigenvalue weighted by Crippen LogP contribution is 1.94. The highest BCUT2D eigenvalue weighted by Gasteiger charge is 2.07. The third-order valence-corrected chi connectivity index (χ3v) is 1.57. The predicted octanol–water partition coefficient (Wildman–Crippen LogP) is 0.872. The summed E-state index contributed by atoms with van der Waals surface area (Å²) in [6.07, 6.45) is 3.48. The first-order valence-electron chi connectivity index (χ1n) is 4.68. The van der Waals surface area contributed by atoms with Crippen LogP contribution in [0, 0.1) is 11.3 Å². The summed E-state index contributed by atoms with van der Waals surface area (Å²) < 4.78 is 0. The first-order chi connectivity index (χ1) is 6.61. The van der Waals surface area contributed by atoms with Gasteiger partial charge in [-0.2, -0.15) is 5.26 Å². The van der Waals surface area contributed by atoms with Gasteiger partial charge in [-0.3, -0.25) is 4.79 Å². The van der Waals surface area contributed by atoms with Crippen LogP contribution >= 0.6 is 0 Å². The van der Waals surface area contributed by atoms with E-state index in [9.17, 15) is 4.79 Å². The standard InChI is InChI=1S/C10H17N3O/c1-4-5-6-12-10(14)9(7-11)8-13(2)3/h8H,4-6H2,1-3H3,(H,12,14). The van der Waals surface area contributed by atoms with E-state index >= 15 is 0 Å². The molecule has 78 valence electrons. The van der Waals surface area contributed by atoms with Crippen molar-refractivity contribution in [1.82, 2.24) is 10.2 Å². The number of nitriles is 1. The highest BCUT2D eigenvalue weighted by molar-refractivity contribution is 5.97. The summed E-state index contributed by atoms with van der Waals surface area (Å²) >= 11 is 0. The van der Waals surface area contributed by atoms with Gasteiger partial charge in [-0.1, -0.05) is 13.3 Å². The molecule has 0 fully saturated rings. The molecule has 4 nitrogen and oxygen atoms in total. The third-order valence-electron chi connectivity index (χ3n) is 1.57. The molecule has 0 aromatic rings. The Labute approximate surface area is 85.2 Å². The van der Waals surface area contributed by atoms with Crippen LogP contribution in [0.25, 0.3) is 0 Å². The van der Waals surface area contributed by atoms with Crippen LogP contribution in [0.1, 0.15) is 19.8 Å². The number of rotatable bonds is 5. The minimum absolute atomic E-state index is 0.145. The quantitative estimate of drug-likeness (QED) is 0.402. The number of carbonyl (C=O) groups excluding carboxylic acids is 1. The van der Waals surface area contributed by atoms with Crippen LogP contribution in [0.15, 0.2) is 11.8 Å². The number of nitrogens with zero attached hydrogens (tertiary/aromatic N) is 2. The van der Waals surface area contributed by atoms with Gasteiger partial charge < -0.3 is 10.2 Å². The summed E-state index contributed by atoms with van der Waals surface area (Å²) in [5, 5.41) is 11.4. The van der Waals surface area contributed by atoms with Crippen molar-refractivity contribution in [3.63, 3.8) is 0 Å². The first-order valence-corrected chi connectivity index (χ1v) is 4.68. The van der Waals surface area contributed by atoms with Gasteiger partial charge in [-0.25, -0.2) is 0 Å². The second-order valence-electron chi connectivity index (χ2n) is 3.23. The summed E-state index contributed by atoms with van der Waals surface area (Å²) in [5.41, 5.74) is 0.145. The molecule has 0 atom stereocenters. The first kappa shape index (κ1) is 12.5. The molecule has 0 aliphatic carbocycles. The van der Waals surface area contributed by atoms with Crippen molar-refractivity contribution in [2.45, 2.75) is 19.8 Å². The van der Waals surface area contributed by atoms with Crippen LogP contribution in [0.2, 0.25) is 0 Å². The fraction of sp³-hybridized carbons (Fsp3) is 0.600. The van der Waals surface area contributed by atoms with Crippen LogP contribution in [-0.4, -0.2) is 31.4 Å². The van der Waals surface area contributed by atoms with Gasteiger partial charge in [0.25, 0.3) is 5.91 Å². The zero-order valence-electron chi connectivity index (χ0n) is 9.00. The molecule has 0 spiro atoms. The van der Waals surface area contributed by atoms with Gasteiger partial charge in [0.2, 0.25) is 0 Å². The summed E-state index contributed by atoms with van der Waals surface area (Å²) in [5.74, 6) is -0.297. The Balaban J connectivity index is 4.14. The number of nitrogens with one attached hydrogen (secondary N) is 1. The van der Waals surface area contributed by atoms with E-state index in [1.54, 1.807) is 19.0 Å². The van der Waals surface area contributed by atoms with E-state index in [1.165, 1.54) is 6.20 Å². The monoisotopic (exact) mass is 195 g/mol. The number of carbonyl (C=O) groups is 1. The van der Waals surface area contributed by atoms with Gasteiger partial charge in [0.1, 0.15) is 11.6 Å². The number of amides is 1. The Morgan fingerprint density at radius 3 is 2.64 bits per heavy atom. The van der Waals surface area contributed by atoms with Crippen molar-refractivity contribution in [3.05, 3.63) is 11.8 Å². The van der Waals surface area contributed by atoms with E-state index in [-0.39, 0.29) is 11.5 Å². The largest absolute Gasteiger partial charge is 0.382 e. The van der Waals surface area contributed by atoms with Gasteiger partial charge in [0.05, 0.1) is 0 Å². The molecule has 0 aromatic carbocycles. The van der Waals surface area contributed by atoms with E-state index in [0.29, 0.717) is 6.54 Å². The Morgan fingerprint density at radius 1 is 1.57 bits per heavy atom. The number of unbranched alkanes of at least 4 members (excludes halogenated alkanes) is 1. The molecule has 0 radical (unpaired) electrons. The Bertz CT molecular complexity index is 251. The molecule has 0 saturated heterocycles. The highest BCUT2D eigenvalue weighted by atomic mass is 16.1. The topological polar surface area (TPSA) is 56.1 Å². The molecule has 14 heavy (non-hydrogen) atoms. The Morgan fingerprint density at radius 2 is 2.21 bits per heavy atom. The lowest BCUT2D eigenvalue weighted by Gasteiger charge is -2.06. The van der Waals surface area contributed by atoms with Gasteiger partial charge in [-0.05, 0) is 6.42 Å². The average Bonchev–Trinajstić information content (AvgIpc) is 2.14. The maximum Gasteiger partial charge on any atom is 0.263 e. The lowest BCUT2D eigenvalue weighted by Crippen LogP contribution is -2.26. The second-order valence-corrected chi connectivity index (χ2v) is 3.23. The summed E-state index contributed by atoms with van der Waals surface area (Å²) in [6, 6.07) is 1.87. The molecule has 0 aromatic heterocycles. The summed E-state index contributed by atoms with van der Waals surface area (Å²) in [6.45, 7) is 2.68. The molecular weight excluding hydrogens is 178 g/mol. The smallest absolute Gasteiger partial charge is 0.263 e. The van der Waals surface area contributed by atoms with Crippen molar-refractivity contribution in [3.8, 4) is 6.07 Å². The maximum absolute atomic E-state index is 11.4. The van der Waals surface area contributed by atoms with Crippen molar-refractivity contribution in [2.24, 2.45) is 0 Å². The van der Waals surface area contributed by atoms with Crippen LogP contribution in [0.4, 0.5) is 0 Å². The predicted molar refractivity (Wildman–Crippen MR) is 55.3 cm³/mol. The molecule has 0 heterocycles. The molecule has 4 heteroatoms. The molecule has 0 saturated carbocycles. The minimum Gasteiger partial charge on any atom is -0.382 e. The Hall–Kier alpha value is -1.50. The van der Waals surface area contributed by atoms with Crippen LogP contribution in [0.5, 0.6) is 0 Å². The van der Waals surface area contributed by atoms with E-state index in [0.717, 1.165) is 12.8 Å². The van der Waals surface area contributed by atoms with E-state index < -0.39 is 0 Å². The molecule has 0 aliphatic rings. The molecule has 0 rings (SSSR count). The zero-order valence-corrected chi connectivity index (χ0v) is 9.00. The SMILES string of the molecule is CCCCNC(=O)C(C#N)=CN(C)C. The third kappa shape index (κ3) is 5.20. The van der Waals surface area contributed by atoms with Crippen LogP contribution in [-0.2, 0) is 4.79 Å². The van der Waals surface area contributed by atoms with E-state index in [4.69, 9.17) is 5.26 Å². The summed E-state index contributed by atoms with van der Waals surface area (Å²) in [7, 11) is 3.55. The average molecular weight is 195 g/mol. The van der Waals surface area contributed by atoms with Crippen LogP contribution in [0.3, 0.4) is 0 Å². The molecule has 1 N–H and O–H groups in total. The maximum atomic E-state index is 11.4. The summed E-state index contributed by atoms with van der Waals surface area (Å²) in [4.78, 5) is 13.0. The molecular formula is C10H17N3O. The van der Waals surface area contributed by atoms with Gasteiger partial charge >= 0.3 is 0 Å². The van der Waals surface area contributed by atoms with E-state index in [2.05, 4.69) is 5.32 Å². The minimum atomic E-state index is -0.297. The van der Waals surface area contributed by atoms with Gasteiger partial charge in [-0.15, -0.1) is 0 Å². The fourth-order valence-corrected chi connectivity index (χ4v) is 0.870. The fourth-order valence-electron chi connectivity index (χ4n) is 0.870. The van der Waals surface area contributed by atoms with Crippen molar-refractivity contribution in [1.29, 1.82) is 5.26 Å². The van der Waals surface area contributed by atoms with Crippen molar-refractivity contribution in [2.75, 3.05) is 20.6 Å². The second kappa shape index (κ2) is 6.96. The number of hydrogen-bond donors (Lipinski definition) is 1. The van der Waals surface area contributed by atoms with Gasteiger partial charge in [0, 0.05) is 26.8 Å². The molecule has 0 unspecified atom stereocenters. The van der Waals surface area contributed by atoms with Crippen molar-refractivity contribution >= 4 is 5.91 Å². The molecule has 1 amide bonds. The zero-order chi connectivity index (χ0) is 11.0. The molecule has 0 aliphatic heterocycles. The van der Waals surface area contributed by atoms with Gasteiger partial charge in [0.15, 0.2) is 0 Å². The molecule has 0 bridgehead atoms. The normalized spacial score (nSPS) is 10.6. The lowest BCUT2D eigenvalue weighted by molar-refractivity contribution is -0.117. The lowest BCUT2D eigenvalue weighted by atomic mass is 10.2. The Kier molecular flexibility index (Phi) is 6.21. The van der Waals surface area contributed by atoms with Crippen LogP contribution < -0.4 is 5.32 Å². The van der Waals surface area contributed by atoms with E-state index in [1.807, 2.05) is 13.0 Å².